The molecule has 0 atom stereocenters. The molecule has 7 nitrogen and oxygen atoms in total. The van der Waals surface area contributed by atoms with Crippen molar-refractivity contribution in [2.45, 2.75) is 13.0 Å². The van der Waals surface area contributed by atoms with E-state index in [4.69, 9.17) is 4.74 Å². The van der Waals surface area contributed by atoms with Crippen LogP contribution in [-0.2, 0) is 16.1 Å². The highest BCUT2D eigenvalue weighted by Crippen LogP contribution is 2.34. The molecule has 0 unspecified atom stereocenters. The number of imide groups is 1. The van der Waals surface area contributed by atoms with Gasteiger partial charge in [0.1, 0.15) is 18.1 Å². The van der Waals surface area contributed by atoms with Crippen molar-refractivity contribution in [1.82, 2.24) is 9.47 Å². The number of fused-ring (bicyclic) bond motifs is 1. The summed E-state index contributed by atoms with van der Waals surface area (Å²) in [7, 11) is 0. The maximum atomic E-state index is 13.1. The van der Waals surface area contributed by atoms with Crippen molar-refractivity contribution in [3.63, 3.8) is 0 Å². The summed E-state index contributed by atoms with van der Waals surface area (Å²) in [6, 6.07) is 22.7. The summed E-state index contributed by atoms with van der Waals surface area (Å²) in [5.41, 5.74) is 2.20. The smallest absolute Gasteiger partial charge is 0.294 e. The Hall–Kier alpha value is -4.37. The van der Waals surface area contributed by atoms with Gasteiger partial charge < -0.3 is 14.6 Å². The lowest BCUT2D eigenvalue weighted by molar-refractivity contribution is -0.127. The fourth-order valence-corrected chi connectivity index (χ4v) is 5.00. The van der Waals surface area contributed by atoms with Gasteiger partial charge >= 0.3 is 0 Å². The largest absolute Gasteiger partial charge is 0.494 e. The molecule has 1 aromatic heterocycles. The minimum Gasteiger partial charge on any atom is -0.494 e. The van der Waals surface area contributed by atoms with Gasteiger partial charge in [-0.3, -0.25) is 19.3 Å². The number of halogens is 1. The molecule has 0 saturated carbocycles. The summed E-state index contributed by atoms with van der Waals surface area (Å²) < 4.78 is 21.0. The number of rotatable bonds is 9. The molecular weight excluding hydrogens is 505 g/mol. The van der Waals surface area contributed by atoms with Gasteiger partial charge in [0.15, 0.2) is 0 Å². The highest BCUT2D eigenvalue weighted by molar-refractivity contribution is 8.18. The molecule has 3 amide bonds. The van der Waals surface area contributed by atoms with Crippen LogP contribution in [0.4, 0.5) is 14.9 Å². The Labute approximate surface area is 222 Å². The number of ether oxygens (including phenoxy) is 1. The molecule has 192 valence electrons. The van der Waals surface area contributed by atoms with Gasteiger partial charge in [-0.2, -0.15) is 0 Å². The third-order valence-electron chi connectivity index (χ3n) is 5.96. The minimum atomic E-state index is -0.547. The number of hydrogen-bond donors (Lipinski definition) is 1. The van der Waals surface area contributed by atoms with Gasteiger partial charge in [-0.15, -0.1) is 0 Å². The Morgan fingerprint density at radius 2 is 1.71 bits per heavy atom. The van der Waals surface area contributed by atoms with E-state index in [0.717, 1.165) is 45.3 Å². The molecular formula is C29H24FN3O4S. The highest BCUT2D eigenvalue weighted by Gasteiger charge is 2.36. The van der Waals surface area contributed by atoms with Crippen molar-refractivity contribution < 1.29 is 23.5 Å². The van der Waals surface area contributed by atoms with Crippen molar-refractivity contribution in [2.75, 3.05) is 18.5 Å². The first kappa shape index (κ1) is 25.3. The summed E-state index contributed by atoms with van der Waals surface area (Å²) in [6.07, 6.45) is 4.44. The van der Waals surface area contributed by atoms with Crippen LogP contribution in [0.5, 0.6) is 5.75 Å². The summed E-state index contributed by atoms with van der Waals surface area (Å²) >= 11 is 0.803. The Bertz CT molecular complexity index is 1520. The predicted octanol–water partition coefficient (Wildman–Crippen LogP) is 5.92. The van der Waals surface area contributed by atoms with Crippen LogP contribution in [0.1, 0.15) is 12.0 Å². The number of nitrogens with one attached hydrogen (secondary N) is 1. The highest BCUT2D eigenvalue weighted by atomic mass is 32.2. The summed E-state index contributed by atoms with van der Waals surface area (Å²) in [4.78, 5) is 39.1. The zero-order valence-electron chi connectivity index (χ0n) is 20.3. The van der Waals surface area contributed by atoms with Gasteiger partial charge in [-0.05, 0) is 66.7 Å². The van der Waals surface area contributed by atoms with E-state index in [1.807, 2.05) is 60.8 Å². The predicted molar refractivity (Wildman–Crippen MR) is 146 cm³/mol. The van der Waals surface area contributed by atoms with Gasteiger partial charge in [0.25, 0.3) is 11.1 Å². The van der Waals surface area contributed by atoms with E-state index in [2.05, 4.69) is 9.88 Å². The van der Waals surface area contributed by atoms with Crippen molar-refractivity contribution in [3.8, 4) is 5.75 Å². The van der Waals surface area contributed by atoms with E-state index in [1.165, 1.54) is 24.3 Å². The molecule has 1 aliphatic heterocycles. The van der Waals surface area contributed by atoms with E-state index < -0.39 is 29.4 Å². The minimum absolute atomic E-state index is 0.250. The quantitative estimate of drug-likeness (QED) is 0.215. The first-order chi connectivity index (χ1) is 18.5. The van der Waals surface area contributed by atoms with Crippen LogP contribution in [0, 0.1) is 5.82 Å². The van der Waals surface area contributed by atoms with Gasteiger partial charge in [-0.1, -0.05) is 36.4 Å². The van der Waals surface area contributed by atoms with Crippen LogP contribution in [-0.4, -0.2) is 39.7 Å². The second kappa shape index (κ2) is 11.4. The maximum Gasteiger partial charge on any atom is 0.294 e. The molecule has 3 aromatic carbocycles. The molecule has 2 heterocycles. The Balaban J connectivity index is 1.27. The Morgan fingerprint density at radius 1 is 0.974 bits per heavy atom. The van der Waals surface area contributed by atoms with Crippen molar-refractivity contribution in [3.05, 3.63) is 101 Å². The summed E-state index contributed by atoms with van der Waals surface area (Å²) in [5, 5.41) is 3.01. The number of amides is 3. The maximum absolute atomic E-state index is 13.1. The third-order valence-corrected chi connectivity index (χ3v) is 6.87. The number of thioether (sulfide) groups is 1. The number of carbonyl (C=O) groups excluding carboxylic acids is 3. The number of nitrogens with zero attached hydrogens (tertiary/aromatic N) is 2. The first-order valence-electron chi connectivity index (χ1n) is 12.0. The van der Waals surface area contributed by atoms with Gasteiger partial charge in [0, 0.05) is 34.9 Å². The van der Waals surface area contributed by atoms with Gasteiger partial charge in [0.2, 0.25) is 5.91 Å². The second-order valence-corrected chi connectivity index (χ2v) is 9.63. The fraction of sp³-hybridized carbons (Fsp3) is 0.138. The van der Waals surface area contributed by atoms with E-state index in [0.29, 0.717) is 18.8 Å². The van der Waals surface area contributed by atoms with E-state index in [1.54, 1.807) is 6.08 Å². The summed E-state index contributed by atoms with van der Waals surface area (Å²) in [6.45, 7) is 0.847. The molecule has 1 saturated heterocycles. The number of carbonyl (C=O) groups is 3. The average molecular weight is 530 g/mol. The topological polar surface area (TPSA) is 80.6 Å². The van der Waals surface area contributed by atoms with Crippen molar-refractivity contribution >= 4 is 51.5 Å². The van der Waals surface area contributed by atoms with Crippen LogP contribution < -0.4 is 10.1 Å². The van der Waals surface area contributed by atoms with E-state index in [9.17, 15) is 18.8 Å². The number of anilines is 1. The van der Waals surface area contributed by atoms with Crippen LogP contribution in [0.2, 0.25) is 0 Å². The molecule has 1 aliphatic rings. The zero-order chi connectivity index (χ0) is 26.5. The monoisotopic (exact) mass is 529 g/mol. The standard InChI is InChI=1S/C29H24FN3O4S/c30-21-11-13-22(14-12-21)31-27(34)19-33-28(35)26(38-29(33)36)17-20-18-32(25-10-5-4-9-24(20)25)15-6-16-37-23-7-2-1-3-8-23/h1-5,7-14,17-18H,6,15-16,19H2,(H,31,34)/b26-17-. The normalized spacial score (nSPS) is 14.4. The van der Waals surface area contributed by atoms with Gasteiger partial charge in [-0.25, -0.2) is 4.39 Å². The van der Waals surface area contributed by atoms with Crippen LogP contribution in [0.3, 0.4) is 0 Å². The van der Waals surface area contributed by atoms with Crippen molar-refractivity contribution in [2.24, 2.45) is 0 Å². The molecule has 1 fully saturated rings. The first-order valence-corrected chi connectivity index (χ1v) is 12.9. The molecule has 1 N–H and O–H groups in total. The molecule has 5 rings (SSSR count). The van der Waals surface area contributed by atoms with Crippen LogP contribution in [0.25, 0.3) is 17.0 Å². The van der Waals surface area contributed by atoms with Crippen LogP contribution in [0.15, 0.2) is 90.0 Å². The van der Waals surface area contributed by atoms with E-state index >= 15 is 0 Å². The molecule has 9 heteroatoms. The lowest BCUT2D eigenvalue weighted by Crippen LogP contribution is -2.36. The molecule has 0 bridgehead atoms. The average Bonchev–Trinajstić information content (AvgIpc) is 3.40. The second-order valence-electron chi connectivity index (χ2n) is 8.63. The van der Waals surface area contributed by atoms with Crippen LogP contribution >= 0.6 is 11.8 Å². The number of para-hydroxylation sites is 2. The Morgan fingerprint density at radius 3 is 2.50 bits per heavy atom. The lowest BCUT2D eigenvalue weighted by atomic mass is 10.1. The third kappa shape index (κ3) is 5.78. The zero-order valence-corrected chi connectivity index (χ0v) is 21.1. The molecule has 0 spiro atoms. The molecule has 0 radical (unpaired) electrons. The van der Waals surface area contributed by atoms with Crippen molar-refractivity contribution in [1.29, 1.82) is 0 Å². The summed E-state index contributed by atoms with van der Waals surface area (Å²) in [5.74, 6) is -0.676. The van der Waals surface area contributed by atoms with E-state index in [-0.39, 0.29) is 4.91 Å². The number of benzene rings is 3. The molecule has 0 aliphatic carbocycles. The number of aryl methyl sites for hydroxylation is 1. The Kier molecular flexibility index (Phi) is 7.55. The number of hydrogen-bond acceptors (Lipinski definition) is 5. The number of aromatic nitrogens is 1. The fourth-order valence-electron chi connectivity index (χ4n) is 4.17. The lowest BCUT2D eigenvalue weighted by Gasteiger charge is -2.12. The SMILES string of the molecule is O=C(CN1C(=O)S/C(=C\c2cn(CCCOc3ccccc3)c3ccccc23)C1=O)Nc1ccc(F)cc1. The molecule has 38 heavy (non-hydrogen) atoms. The van der Waals surface area contributed by atoms with Gasteiger partial charge in [0.05, 0.1) is 11.5 Å². The molecule has 4 aromatic rings.